The maximum atomic E-state index is 12.5. The number of benzene rings is 2. The highest BCUT2D eigenvalue weighted by atomic mass is 32.2. The molecule has 2 aromatic carbocycles. The second kappa shape index (κ2) is 8.09. The number of amides is 1. The van der Waals surface area contributed by atoms with E-state index < -0.39 is 28.6 Å². The van der Waals surface area contributed by atoms with Crippen molar-refractivity contribution < 1.29 is 22.7 Å². The summed E-state index contributed by atoms with van der Waals surface area (Å²) in [5.74, 6) is -0.452. The van der Waals surface area contributed by atoms with Crippen LogP contribution in [0.3, 0.4) is 0 Å². The lowest BCUT2D eigenvalue weighted by molar-refractivity contribution is 0.0950. The van der Waals surface area contributed by atoms with Gasteiger partial charge in [-0.1, -0.05) is 18.2 Å². The van der Waals surface area contributed by atoms with Gasteiger partial charge in [0.25, 0.3) is 5.91 Å². The highest BCUT2D eigenvalue weighted by Crippen LogP contribution is 2.20. The van der Waals surface area contributed by atoms with Crippen LogP contribution in [0.2, 0.25) is 0 Å². The van der Waals surface area contributed by atoms with Crippen LogP contribution < -0.4 is 10.0 Å². The largest absolute Gasteiger partial charge is 0.508 e. The van der Waals surface area contributed by atoms with Crippen molar-refractivity contribution in [2.45, 2.75) is 17.9 Å². The number of carbonyl (C=O) groups is 1. The molecule has 0 aliphatic heterocycles. The molecule has 8 heteroatoms. The Morgan fingerprint density at radius 3 is 2.52 bits per heavy atom. The van der Waals surface area contributed by atoms with Crippen LogP contribution in [0, 0.1) is 0 Å². The van der Waals surface area contributed by atoms with Crippen molar-refractivity contribution >= 4 is 15.9 Å². The van der Waals surface area contributed by atoms with E-state index in [0.29, 0.717) is 5.56 Å². The molecule has 2 rings (SSSR count). The summed E-state index contributed by atoms with van der Waals surface area (Å²) in [5, 5.41) is 11.6. The highest BCUT2D eigenvalue weighted by Gasteiger charge is 2.19. The first kappa shape index (κ1) is 18.9. The minimum Gasteiger partial charge on any atom is -0.508 e. The molecule has 0 heterocycles. The van der Waals surface area contributed by atoms with E-state index in [1.807, 2.05) is 0 Å². The number of carbonyl (C=O) groups excluding carboxylic acids is 1. The van der Waals surface area contributed by atoms with Gasteiger partial charge in [-0.2, -0.15) is 0 Å². The standard InChI is InChI=1S/C17H19FN2O4S/c1-12(13-5-7-15(21)8-6-13)20-25(23,24)16-4-2-3-14(11-16)17(22)19-10-9-18/h2-8,11-12,20-21H,9-10H2,1H3,(H,19,22). The lowest BCUT2D eigenvalue weighted by Gasteiger charge is -2.15. The second-order valence-corrected chi connectivity index (χ2v) is 7.12. The van der Waals surface area contributed by atoms with Crippen LogP contribution >= 0.6 is 0 Å². The summed E-state index contributed by atoms with van der Waals surface area (Å²) in [5.41, 5.74) is 0.812. The molecule has 0 radical (unpaired) electrons. The van der Waals surface area contributed by atoms with Gasteiger partial charge in [-0.25, -0.2) is 17.5 Å². The Labute approximate surface area is 145 Å². The van der Waals surface area contributed by atoms with Gasteiger partial charge in [-0.3, -0.25) is 4.79 Å². The number of rotatable bonds is 7. The lowest BCUT2D eigenvalue weighted by Crippen LogP contribution is -2.28. The third kappa shape index (κ3) is 5.01. The molecule has 0 saturated heterocycles. The molecule has 3 N–H and O–H groups in total. The zero-order valence-corrected chi connectivity index (χ0v) is 14.4. The molecule has 2 aromatic rings. The quantitative estimate of drug-likeness (QED) is 0.699. The van der Waals surface area contributed by atoms with Gasteiger partial charge in [0.05, 0.1) is 4.90 Å². The Balaban J connectivity index is 2.18. The van der Waals surface area contributed by atoms with Gasteiger partial charge < -0.3 is 10.4 Å². The predicted molar refractivity (Wildman–Crippen MR) is 91.6 cm³/mol. The van der Waals surface area contributed by atoms with Crippen molar-refractivity contribution in [3.63, 3.8) is 0 Å². The Morgan fingerprint density at radius 2 is 1.88 bits per heavy atom. The van der Waals surface area contributed by atoms with Crippen LogP contribution in [0.5, 0.6) is 5.75 Å². The molecule has 1 atom stereocenters. The molecule has 134 valence electrons. The molecule has 25 heavy (non-hydrogen) atoms. The normalized spacial score (nSPS) is 12.6. The monoisotopic (exact) mass is 366 g/mol. The SMILES string of the molecule is CC(NS(=O)(=O)c1cccc(C(=O)NCCF)c1)c1ccc(O)cc1. The molecule has 0 fully saturated rings. The zero-order valence-electron chi connectivity index (χ0n) is 13.6. The topological polar surface area (TPSA) is 95.5 Å². The summed E-state index contributed by atoms with van der Waals surface area (Å²) in [6.45, 7) is 0.836. The van der Waals surface area contributed by atoms with Gasteiger partial charge in [0.1, 0.15) is 12.4 Å². The van der Waals surface area contributed by atoms with Crippen LogP contribution in [0.25, 0.3) is 0 Å². The minimum absolute atomic E-state index is 0.0639. The number of halogens is 1. The summed E-state index contributed by atoms with van der Waals surface area (Å²) in [4.78, 5) is 11.8. The molecular formula is C17H19FN2O4S. The van der Waals surface area contributed by atoms with Crippen molar-refractivity contribution in [3.8, 4) is 5.75 Å². The molecule has 6 nitrogen and oxygen atoms in total. The van der Waals surface area contributed by atoms with E-state index in [4.69, 9.17) is 0 Å². The van der Waals surface area contributed by atoms with Crippen molar-refractivity contribution in [2.24, 2.45) is 0 Å². The van der Waals surface area contributed by atoms with E-state index in [1.54, 1.807) is 19.1 Å². The van der Waals surface area contributed by atoms with Gasteiger partial charge in [0.2, 0.25) is 10.0 Å². The Kier molecular flexibility index (Phi) is 6.11. The summed E-state index contributed by atoms with van der Waals surface area (Å²) >= 11 is 0. The third-order valence-electron chi connectivity index (χ3n) is 3.51. The number of hydrogen-bond acceptors (Lipinski definition) is 4. The average molecular weight is 366 g/mol. The number of nitrogens with one attached hydrogen (secondary N) is 2. The molecule has 1 amide bonds. The fourth-order valence-corrected chi connectivity index (χ4v) is 3.48. The maximum absolute atomic E-state index is 12.5. The number of hydrogen-bond donors (Lipinski definition) is 3. The smallest absolute Gasteiger partial charge is 0.251 e. The molecule has 0 aromatic heterocycles. The van der Waals surface area contributed by atoms with Crippen molar-refractivity contribution in [3.05, 3.63) is 59.7 Å². The van der Waals surface area contributed by atoms with Crippen LogP contribution in [-0.4, -0.2) is 32.7 Å². The zero-order chi connectivity index (χ0) is 18.4. The van der Waals surface area contributed by atoms with Gasteiger partial charge in [0.15, 0.2) is 0 Å². The van der Waals surface area contributed by atoms with E-state index in [9.17, 15) is 22.7 Å². The lowest BCUT2D eigenvalue weighted by atomic mass is 10.1. The van der Waals surface area contributed by atoms with Gasteiger partial charge in [-0.15, -0.1) is 0 Å². The highest BCUT2D eigenvalue weighted by molar-refractivity contribution is 7.89. The Hall–Kier alpha value is -2.45. The maximum Gasteiger partial charge on any atom is 0.251 e. The summed E-state index contributed by atoms with van der Waals surface area (Å²) in [7, 11) is -3.86. The van der Waals surface area contributed by atoms with Gasteiger partial charge in [-0.05, 0) is 42.8 Å². The Bertz CT molecular complexity index is 838. The molecule has 0 spiro atoms. The van der Waals surface area contributed by atoms with Crippen molar-refractivity contribution in [1.82, 2.24) is 10.0 Å². The number of aromatic hydroxyl groups is 1. The number of alkyl halides is 1. The number of phenolic OH excluding ortho intramolecular Hbond substituents is 1. The van der Waals surface area contributed by atoms with E-state index in [0.717, 1.165) is 0 Å². The average Bonchev–Trinajstić information content (AvgIpc) is 2.60. The van der Waals surface area contributed by atoms with Crippen LogP contribution in [0.15, 0.2) is 53.4 Å². The molecule has 1 unspecified atom stereocenters. The summed E-state index contributed by atoms with van der Waals surface area (Å²) in [6.07, 6.45) is 0. The number of sulfonamides is 1. The van der Waals surface area contributed by atoms with Gasteiger partial charge in [0, 0.05) is 18.2 Å². The first-order chi connectivity index (χ1) is 11.8. The minimum atomic E-state index is -3.86. The second-order valence-electron chi connectivity index (χ2n) is 5.41. The van der Waals surface area contributed by atoms with Crippen LogP contribution in [0.1, 0.15) is 28.9 Å². The Morgan fingerprint density at radius 1 is 1.20 bits per heavy atom. The fourth-order valence-electron chi connectivity index (χ4n) is 2.20. The summed E-state index contributed by atoms with van der Waals surface area (Å²) in [6, 6.07) is 11.1. The molecule has 0 aliphatic carbocycles. The van der Waals surface area contributed by atoms with E-state index in [1.165, 1.54) is 36.4 Å². The van der Waals surface area contributed by atoms with Crippen molar-refractivity contribution in [2.75, 3.05) is 13.2 Å². The fraction of sp³-hybridized carbons (Fsp3) is 0.235. The third-order valence-corrected chi connectivity index (χ3v) is 5.05. The first-order valence-corrected chi connectivity index (χ1v) is 9.07. The van der Waals surface area contributed by atoms with E-state index in [-0.39, 0.29) is 22.8 Å². The van der Waals surface area contributed by atoms with Crippen LogP contribution in [0.4, 0.5) is 4.39 Å². The van der Waals surface area contributed by atoms with Crippen molar-refractivity contribution in [1.29, 1.82) is 0 Å². The first-order valence-electron chi connectivity index (χ1n) is 7.59. The van der Waals surface area contributed by atoms with E-state index in [2.05, 4.69) is 10.0 Å². The van der Waals surface area contributed by atoms with Crippen LogP contribution in [-0.2, 0) is 10.0 Å². The van der Waals surface area contributed by atoms with E-state index >= 15 is 0 Å². The molecule has 0 saturated carbocycles. The predicted octanol–water partition coefficient (Wildman–Crippen LogP) is 2.13. The molecule has 0 aliphatic rings. The molecular weight excluding hydrogens is 347 g/mol. The number of phenols is 1. The summed E-state index contributed by atoms with van der Waals surface area (Å²) < 4.78 is 39.7. The molecule has 0 bridgehead atoms. The van der Waals surface area contributed by atoms with Gasteiger partial charge >= 0.3 is 0 Å².